The van der Waals surface area contributed by atoms with Crippen molar-refractivity contribution < 1.29 is 18.7 Å². The Kier molecular flexibility index (Phi) is 3.82. The van der Waals surface area contributed by atoms with Gasteiger partial charge in [-0.1, -0.05) is 12.1 Å². The van der Waals surface area contributed by atoms with Crippen LogP contribution in [0.2, 0.25) is 0 Å². The molecule has 2 heterocycles. The maximum absolute atomic E-state index is 12.1. The average Bonchev–Trinajstić information content (AvgIpc) is 2.98. The first-order valence-electron chi connectivity index (χ1n) is 6.93. The number of hydrogen-bond donors (Lipinski definition) is 1. The fourth-order valence-corrected chi connectivity index (χ4v) is 2.04. The van der Waals surface area contributed by atoms with Gasteiger partial charge in [0.15, 0.2) is 11.5 Å². The standard InChI is InChI=1S/C16H16N2O4/c1-10-7-8-12(21-10)11(2)17-18-16(19)15-9-20-13-5-3-4-6-14(13)22-15/h3-8,15H,9H2,1-2H3,(H,18,19)/b17-11-/t15-/m0/s1. The Morgan fingerprint density at radius 2 is 2.00 bits per heavy atom. The zero-order valence-electron chi connectivity index (χ0n) is 12.3. The first-order valence-corrected chi connectivity index (χ1v) is 6.93. The van der Waals surface area contributed by atoms with E-state index in [1.54, 1.807) is 25.1 Å². The van der Waals surface area contributed by atoms with Crippen molar-refractivity contribution in [2.24, 2.45) is 5.10 Å². The molecule has 0 saturated carbocycles. The van der Waals surface area contributed by atoms with Gasteiger partial charge in [0.25, 0.3) is 5.91 Å². The number of ether oxygens (including phenoxy) is 2. The predicted molar refractivity (Wildman–Crippen MR) is 80.2 cm³/mol. The van der Waals surface area contributed by atoms with Crippen LogP contribution in [-0.4, -0.2) is 24.3 Å². The summed E-state index contributed by atoms with van der Waals surface area (Å²) in [6, 6.07) is 10.9. The summed E-state index contributed by atoms with van der Waals surface area (Å²) in [6.07, 6.45) is -0.732. The molecular weight excluding hydrogens is 284 g/mol. The molecule has 1 atom stereocenters. The SMILES string of the molecule is C/C(=N/NC(=O)[C@@H]1COc2ccccc2O1)c1ccc(C)o1. The molecule has 6 heteroatoms. The molecule has 1 aromatic carbocycles. The number of hydrogen-bond acceptors (Lipinski definition) is 5. The van der Waals surface area contributed by atoms with Crippen molar-refractivity contribution in [3.63, 3.8) is 0 Å². The zero-order valence-corrected chi connectivity index (χ0v) is 12.3. The van der Waals surface area contributed by atoms with Crippen molar-refractivity contribution in [3.8, 4) is 11.5 Å². The summed E-state index contributed by atoms with van der Waals surface area (Å²) in [5.74, 6) is 2.23. The molecule has 0 aliphatic carbocycles. The molecule has 0 unspecified atom stereocenters. The van der Waals surface area contributed by atoms with Crippen LogP contribution in [0.25, 0.3) is 0 Å². The highest BCUT2D eigenvalue weighted by molar-refractivity contribution is 5.97. The lowest BCUT2D eigenvalue weighted by molar-refractivity contribution is -0.130. The smallest absolute Gasteiger partial charge is 0.284 e. The number of hydrazone groups is 1. The van der Waals surface area contributed by atoms with Gasteiger partial charge in [-0.05, 0) is 38.1 Å². The molecule has 22 heavy (non-hydrogen) atoms. The van der Waals surface area contributed by atoms with Gasteiger partial charge in [0, 0.05) is 0 Å². The van der Waals surface area contributed by atoms with E-state index in [0.29, 0.717) is 23.0 Å². The second kappa shape index (κ2) is 5.93. The van der Waals surface area contributed by atoms with Crippen LogP contribution in [0.5, 0.6) is 11.5 Å². The Morgan fingerprint density at radius 3 is 2.73 bits per heavy atom. The molecule has 2 aromatic rings. The fraction of sp³-hybridized carbons (Fsp3) is 0.250. The molecule has 0 saturated heterocycles. The maximum atomic E-state index is 12.1. The minimum absolute atomic E-state index is 0.150. The molecule has 0 fully saturated rings. The van der Waals surface area contributed by atoms with E-state index in [1.165, 1.54) is 0 Å². The van der Waals surface area contributed by atoms with Gasteiger partial charge in [-0.3, -0.25) is 4.79 Å². The van der Waals surface area contributed by atoms with E-state index in [0.717, 1.165) is 5.76 Å². The Bertz CT molecular complexity index is 720. The highest BCUT2D eigenvalue weighted by Crippen LogP contribution is 2.30. The predicted octanol–water partition coefficient (Wildman–Crippen LogP) is 2.27. The summed E-state index contributed by atoms with van der Waals surface area (Å²) in [5, 5.41) is 4.03. The number of nitrogens with zero attached hydrogens (tertiary/aromatic N) is 1. The van der Waals surface area contributed by atoms with Gasteiger partial charge < -0.3 is 13.9 Å². The number of fused-ring (bicyclic) bond motifs is 1. The summed E-state index contributed by atoms with van der Waals surface area (Å²) in [4.78, 5) is 12.1. The number of amides is 1. The second-order valence-corrected chi connectivity index (χ2v) is 4.95. The summed E-state index contributed by atoms with van der Waals surface area (Å²) >= 11 is 0. The quantitative estimate of drug-likeness (QED) is 0.697. The molecule has 1 N–H and O–H groups in total. The monoisotopic (exact) mass is 300 g/mol. The third kappa shape index (κ3) is 2.95. The summed E-state index contributed by atoms with van der Waals surface area (Å²) in [5.41, 5.74) is 3.06. The molecule has 3 rings (SSSR count). The molecule has 0 bridgehead atoms. The van der Waals surface area contributed by atoms with Crippen LogP contribution in [0.15, 0.2) is 45.9 Å². The van der Waals surface area contributed by atoms with Gasteiger partial charge in [-0.2, -0.15) is 5.10 Å². The number of carbonyl (C=O) groups excluding carboxylic acids is 1. The fourth-order valence-electron chi connectivity index (χ4n) is 2.04. The number of nitrogens with one attached hydrogen (secondary N) is 1. The first kappa shape index (κ1) is 14.2. The van der Waals surface area contributed by atoms with Crippen molar-refractivity contribution in [3.05, 3.63) is 47.9 Å². The summed E-state index contributed by atoms with van der Waals surface area (Å²) in [6.45, 7) is 3.75. The number of carbonyl (C=O) groups is 1. The van der Waals surface area contributed by atoms with Gasteiger partial charge in [-0.25, -0.2) is 5.43 Å². The van der Waals surface area contributed by atoms with E-state index in [2.05, 4.69) is 10.5 Å². The number of furan rings is 1. The van der Waals surface area contributed by atoms with Crippen LogP contribution in [0.1, 0.15) is 18.4 Å². The Hall–Kier alpha value is -2.76. The molecule has 114 valence electrons. The Labute approximate surface area is 127 Å². The lowest BCUT2D eigenvalue weighted by Gasteiger charge is -2.24. The van der Waals surface area contributed by atoms with E-state index in [1.807, 2.05) is 25.1 Å². The molecule has 1 aliphatic rings. The first-order chi connectivity index (χ1) is 10.6. The van der Waals surface area contributed by atoms with E-state index < -0.39 is 6.10 Å². The minimum Gasteiger partial charge on any atom is -0.485 e. The highest BCUT2D eigenvalue weighted by atomic mass is 16.6. The number of rotatable bonds is 3. The van der Waals surface area contributed by atoms with Crippen molar-refractivity contribution in [2.75, 3.05) is 6.61 Å². The van der Waals surface area contributed by atoms with Gasteiger partial charge >= 0.3 is 0 Å². The van der Waals surface area contributed by atoms with Gasteiger partial charge in [0.2, 0.25) is 6.10 Å². The highest BCUT2D eigenvalue weighted by Gasteiger charge is 2.27. The minimum atomic E-state index is -0.732. The van der Waals surface area contributed by atoms with Gasteiger partial charge in [0.1, 0.15) is 23.8 Å². The van der Waals surface area contributed by atoms with Crippen molar-refractivity contribution in [1.82, 2.24) is 5.43 Å². The third-order valence-electron chi connectivity index (χ3n) is 3.23. The van der Waals surface area contributed by atoms with Crippen LogP contribution >= 0.6 is 0 Å². The topological polar surface area (TPSA) is 73.1 Å². The number of benzene rings is 1. The van der Waals surface area contributed by atoms with E-state index in [9.17, 15) is 4.79 Å². The molecule has 1 aromatic heterocycles. The average molecular weight is 300 g/mol. The van der Waals surface area contributed by atoms with Crippen molar-refractivity contribution in [1.29, 1.82) is 0 Å². The molecule has 1 amide bonds. The van der Waals surface area contributed by atoms with Crippen molar-refractivity contribution >= 4 is 11.6 Å². The molecule has 1 aliphatic heterocycles. The van der Waals surface area contributed by atoms with Crippen LogP contribution < -0.4 is 14.9 Å². The van der Waals surface area contributed by atoms with Crippen LogP contribution in [-0.2, 0) is 4.79 Å². The van der Waals surface area contributed by atoms with Gasteiger partial charge in [0.05, 0.1) is 0 Å². The lowest BCUT2D eigenvalue weighted by atomic mass is 10.2. The summed E-state index contributed by atoms with van der Waals surface area (Å²) < 4.78 is 16.5. The largest absolute Gasteiger partial charge is 0.485 e. The maximum Gasteiger partial charge on any atom is 0.284 e. The van der Waals surface area contributed by atoms with E-state index in [-0.39, 0.29) is 12.5 Å². The van der Waals surface area contributed by atoms with E-state index in [4.69, 9.17) is 13.9 Å². The van der Waals surface area contributed by atoms with Gasteiger partial charge in [-0.15, -0.1) is 0 Å². The molecule has 0 spiro atoms. The van der Waals surface area contributed by atoms with Crippen molar-refractivity contribution in [2.45, 2.75) is 20.0 Å². The normalized spacial score (nSPS) is 17.2. The molecule has 0 radical (unpaired) electrons. The van der Waals surface area contributed by atoms with E-state index >= 15 is 0 Å². The zero-order chi connectivity index (χ0) is 15.5. The van der Waals surface area contributed by atoms with Crippen LogP contribution in [0.3, 0.4) is 0 Å². The Balaban J connectivity index is 1.63. The molecule has 6 nitrogen and oxygen atoms in total. The third-order valence-corrected chi connectivity index (χ3v) is 3.23. The van der Waals surface area contributed by atoms with Crippen LogP contribution in [0, 0.1) is 6.92 Å². The summed E-state index contributed by atoms with van der Waals surface area (Å²) in [7, 11) is 0. The number of aryl methyl sites for hydroxylation is 1. The molecular formula is C16H16N2O4. The Morgan fingerprint density at radius 1 is 1.23 bits per heavy atom. The van der Waals surface area contributed by atoms with Crippen LogP contribution in [0.4, 0.5) is 0 Å². The number of para-hydroxylation sites is 2. The second-order valence-electron chi connectivity index (χ2n) is 4.95. The lowest BCUT2D eigenvalue weighted by Crippen LogP contribution is -2.42.